The van der Waals surface area contributed by atoms with E-state index in [1.165, 1.54) is 30.8 Å². The van der Waals surface area contributed by atoms with Crippen molar-refractivity contribution in [3.63, 3.8) is 0 Å². The van der Waals surface area contributed by atoms with Crippen LogP contribution in [0.1, 0.15) is 53.4 Å². The quantitative estimate of drug-likeness (QED) is 0.727. The Kier molecular flexibility index (Phi) is 7.57. The van der Waals surface area contributed by atoms with E-state index in [2.05, 4.69) is 16.9 Å². The first-order valence-corrected chi connectivity index (χ1v) is 11.6. The monoisotopic (exact) mass is 430 g/mol. The third-order valence-corrected chi connectivity index (χ3v) is 6.51. The van der Waals surface area contributed by atoms with Gasteiger partial charge in [0.2, 0.25) is 5.91 Å². The van der Waals surface area contributed by atoms with Crippen LogP contribution in [-0.2, 0) is 9.53 Å². The number of hydrogen-bond acceptors (Lipinski definition) is 5. The lowest BCUT2D eigenvalue weighted by molar-refractivity contribution is -0.134. The number of piperidine rings is 2. The normalized spacial score (nSPS) is 20.4. The zero-order valence-electron chi connectivity index (χ0n) is 19.7. The van der Waals surface area contributed by atoms with Crippen molar-refractivity contribution >= 4 is 17.8 Å². The zero-order chi connectivity index (χ0) is 22.6. The second kappa shape index (κ2) is 9.98. The van der Waals surface area contributed by atoms with E-state index in [0.717, 1.165) is 31.8 Å². The van der Waals surface area contributed by atoms with Crippen molar-refractivity contribution in [1.82, 2.24) is 14.8 Å². The first-order valence-electron chi connectivity index (χ1n) is 11.6. The summed E-state index contributed by atoms with van der Waals surface area (Å²) in [7, 11) is 2.19. The summed E-state index contributed by atoms with van der Waals surface area (Å²) in [4.78, 5) is 36.3. The van der Waals surface area contributed by atoms with Crippen molar-refractivity contribution in [2.45, 2.75) is 65.0 Å². The second-order valence-electron chi connectivity index (χ2n) is 10.0. The van der Waals surface area contributed by atoms with E-state index in [4.69, 9.17) is 4.74 Å². The molecule has 0 aromatic carbocycles. The summed E-state index contributed by atoms with van der Waals surface area (Å²) in [5.74, 6) is 1.86. The molecule has 2 aliphatic rings. The van der Waals surface area contributed by atoms with E-state index in [9.17, 15) is 9.59 Å². The summed E-state index contributed by atoms with van der Waals surface area (Å²) in [6.45, 7) is 11.1. The second-order valence-corrected chi connectivity index (χ2v) is 10.0. The molecule has 31 heavy (non-hydrogen) atoms. The lowest BCUT2D eigenvalue weighted by Crippen LogP contribution is -2.53. The average molecular weight is 431 g/mol. The van der Waals surface area contributed by atoms with E-state index >= 15 is 0 Å². The Morgan fingerprint density at radius 1 is 1.06 bits per heavy atom. The predicted octanol–water partition coefficient (Wildman–Crippen LogP) is 3.79. The number of hydrogen-bond donors (Lipinski definition) is 0. The van der Waals surface area contributed by atoms with Crippen LogP contribution in [0.5, 0.6) is 0 Å². The summed E-state index contributed by atoms with van der Waals surface area (Å²) in [5, 5.41) is 0. The van der Waals surface area contributed by atoms with E-state index in [0.29, 0.717) is 11.7 Å². The molecular weight excluding hydrogens is 392 g/mol. The van der Waals surface area contributed by atoms with Crippen LogP contribution in [0.3, 0.4) is 0 Å². The first-order chi connectivity index (χ1) is 14.7. The Bertz CT molecular complexity index is 733. The fourth-order valence-corrected chi connectivity index (χ4v) is 4.72. The minimum absolute atomic E-state index is 0.0432. The number of carbonyl (C=O) groups is 2. The molecule has 7 nitrogen and oxygen atoms in total. The molecule has 172 valence electrons. The molecule has 3 rings (SSSR count). The smallest absolute Gasteiger partial charge is 0.416 e. The SMILES string of the molecule is C[C@@H](C(=O)N1CCC(C2CCN(C)CC2)CC1)N(C(=O)OC(C)(C)C)c1ccccn1. The minimum atomic E-state index is -0.676. The van der Waals surface area contributed by atoms with Crippen LogP contribution in [0.4, 0.5) is 10.6 Å². The standard InChI is InChI=1S/C24H38N4O3/c1-18(28(21-8-6-7-13-25-21)23(30)31-24(2,3)4)22(29)27-16-11-20(12-17-27)19-9-14-26(5)15-10-19/h6-8,13,18-20H,9-12,14-17H2,1-5H3/t18-/m0/s1. The van der Waals surface area contributed by atoms with Crippen molar-refractivity contribution in [1.29, 1.82) is 0 Å². The first kappa shape index (κ1) is 23.5. The van der Waals surface area contributed by atoms with Gasteiger partial charge in [-0.25, -0.2) is 14.7 Å². The molecule has 7 heteroatoms. The van der Waals surface area contributed by atoms with Crippen LogP contribution in [0, 0.1) is 11.8 Å². The van der Waals surface area contributed by atoms with Crippen LogP contribution >= 0.6 is 0 Å². The molecule has 0 spiro atoms. The Labute approximate surface area is 186 Å². The molecule has 1 aromatic heterocycles. The highest BCUT2D eigenvalue weighted by Crippen LogP contribution is 2.32. The van der Waals surface area contributed by atoms with Crippen LogP contribution in [0.25, 0.3) is 0 Å². The van der Waals surface area contributed by atoms with Crippen LogP contribution in [-0.4, -0.2) is 71.7 Å². The largest absolute Gasteiger partial charge is 0.443 e. The van der Waals surface area contributed by atoms with E-state index in [1.807, 2.05) is 31.7 Å². The van der Waals surface area contributed by atoms with Gasteiger partial charge >= 0.3 is 6.09 Å². The number of rotatable bonds is 4. The lowest BCUT2D eigenvalue weighted by atomic mass is 9.79. The summed E-state index contributed by atoms with van der Waals surface area (Å²) in [6.07, 6.45) is 5.69. The highest BCUT2D eigenvalue weighted by Gasteiger charge is 2.36. The highest BCUT2D eigenvalue weighted by molar-refractivity contribution is 5.96. The fraction of sp³-hybridized carbons (Fsp3) is 0.708. The third kappa shape index (κ3) is 6.19. The minimum Gasteiger partial charge on any atom is -0.443 e. The van der Waals surface area contributed by atoms with Gasteiger partial charge < -0.3 is 14.5 Å². The summed E-state index contributed by atoms with van der Waals surface area (Å²) in [5.41, 5.74) is -0.653. The van der Waals surface area contributed by atoms with Gasteiger partial charge in [0.1, 0.15) is 17.5 Å². The van der Waals surface area contributed by atoms with Gasteiger partial charge in [0, 0.05) is 19.3 Å². The third-order valence-electron chi connectivity index (χ3n) is 6.51. The lowest BCUT2D eigenvalue weighted by Gasteiger charge is -2.40. The molecule has 0 N–H and O–H groups in total. The summed E-state index contributed by atoms with van der Waals surface area (Å²) < 4.78 is 5.59. The average Bonchev–Trinajstić information content (AvgIpc) is 2.73. The summed E-state index contributed by atoms with van der Waals surface area (Å²) >= 11 is 0. The van der Waals surface area contributed by atoms with Crippen molar-refractivity contribution in [2.24, 2.45) is 11.8 Å². The predicted molar refractivity (Wildman–Crippen MR) is 122 cm³/mol. The molecule has 0 aliphatic carbocycles. The Hall–Kier alpha value is -2.15. The van der Waals surface area contributed by atoms with Gasteiger partial charge in [-0.2, -0.15) is 0 Å². The van der Waals surface area contributed by atoms with E-state index < -0.39 is 17.7 Å². The molecule has 0 bridgehead atoms. The highest BCUT2D eigenvalue weighted by atomic mass is 16.6. The van der Waals surface area contributed by atoms with E-state index in [-0.39, 0.29) is 5.91 Å². The fourth-order valence-electron chi connectivity index (χ4n) is 4.72. The number of nitrogens with zero attached hydrogens (tertiary/aromatic N) is 4. The molecule has 0 unspecified atom stereocenters. The van der Waals surface area contributed by atoms with Gasteiger partial charge in [-0.15, -0.1) is 0 Å². The maximum atomic E-state index is 13.4. The maximum absolute atomic E-state index is 13.4. The van der Waals surface area contributed by atoms with Gasteiger partial charge in [-0.1, -0.05) is 6.07 Å². The van der Waals surface area contributed by atoms with Crippen LogP contribution in [0.15, 0.2) is 24.4 Å². The molecule has 1 atom stereocenters. The number of carbonyl (C=O) groups excluding carboxylic acids is 2. The summed E-state index contributed by atoms with van der Waals surface area (Å²) in [6, 6.07) is 4.66. The molecule has 1 aromatic rings. The van der Waals surface area contributed by atoms with Crippen molar-refractivity contribution in [3.8, 4) is 0 Å². The Morgan fingerprint density at radius 3 is 2.16 bits per heavy atom. The van der Waals surface area contributed by atoms with Crippen LogP contribution in [0.2, 0.25) is 0 Å². The molecule has 0 saturated carbocycles. The molecule has 2 saturated heterocycles. The van der Waals surface area contributed by atoms with Gasteiger partial charge in [-0.3, -0.25) is 4.79 Å². The zero-order valence-corrected chi connectivity index (χ0v) is 19.7. The van der Waals surface area contributed by atoms with Crippen molar-refractivity contribution < 1.29 is 14.3 Å². The van der Waals surface area contributed by atoms with Gasteiger partial charge in [0.15, 0.2) is 0 Å². The topological polar surface area (TPSA) is 66.0 Å². The Balaban J connectivity index is 1.65. The maximum Gasteiger partial charge on any atom is 0.416 e. The van der Waals surface area contributed by atoms with Crippen molar-refractivity contribution in [2.75, 3.05) is 38.1 Å². The molecule has 0 radical (unpaired) electrons. The molecule has 2 fully saturated rings. The van der Waals surface area contributed by atoms with Crippen molar-refractivity contribution in [3.05, 3.63) is 24.4 Å². The number of pyridine rings is 1. The van der Waals surface area contributed by atoms with Gasteiger partial charge in [0.05, 0.1) is 0 Å². The number of ether oxygens (including phenoxy) is 1. The molecule has 3 heterocycles. The van der Waals surface area contributed by atoms with Gasteiger partial charge in [-0.05, 0) is 97.5 Å². The number of aromatic nitrogens is 1. The molecule has 2 aliphatic heterocycles. The number of likely N-dealkylation sites (tertiary alicyclic amines) is 2. The molecular formula is C24H38N4O3. The Morgan fingerprint density at radius 2 is 1.65 bits per heavy atom. The van der Waals surface area contributed by atoms with Crippen LogP contribution < -0.4 is 4.90 Å². The van der Waals surface area contributed by atoms with E-state index in [1.54, 1.807) is 25.3 Å². The number of amides is 2. The number of anilines is 1. The van der Waals surface area contributed by atoms with Gasteiger partial charge in [0.25, 0.3) is 0 Å². The molecule has 2 amide bonds.